The summed E-state index contributed by atoms with van der Waals surface area (Å²) in [6.45, 7) is 9.01. The van der Waals surface area contributed by atoms with E-state index in [0.29, 0.717) is 36.1 Å². The number of amides is 1. The predicted molar refractivity (Wildman–Crippen MR) is 116 cm³/mol. The molecule has 9 heteroatoms. The first-order valence-electron chi connectivity index (χ1n) is 10.2. The smallest absolute Gasteiger partial charge is 0.266 e. The molecule has 0 unspecified atom stereocenters. The van der Waals surface area contributed by atoms with Crippen LogP contribution in [0.5, 0.6) is 11.5 Å². The number of hydrogen-bond donors (Lipinski definition) is 1. The van der Waals surface area contributed by atoms with E-state index in [1.807, 2.05) is 33.8 Å². The van der Waals surface area contributed by atoms with Gasteiger partial charge in [0.05, 0.1) is 25.5 Å². The zero-order valence-corrected chi connectivity index (χ0v) is 18.2. The van der Waals surface area contributed by atoms with Crippen molar-refractivity contribution in [2.75, 3.05) is 19.8 Å². The Morgan fingerprint density at radius 1 is 1.00 bits per heavy atom. The number of carbonyl (C=O) groups is 1. The number of aromatic nitrogens is 4. The van der Waals surface area contributed by atoms with Crippen LogP contribution in [0.2, 0.25) is 0 Å². The molecule has 2 aromatic heterocycles. The Morgan fingerprint density at radius 2 is 1.74 bits per heavy atom. The van der Waals surface area contributed by atoms with E-state index in [9.17, 15) is 9.59 Å². The summed E-state index contributed by atoms with van der Waals surface area (Å²) in [7, 11) is 0. The molecule has 3 rings (SSSR count). The molecule has 0 aliphatic carbocycles. The molecular weight excluding hydrogens is 398 g/mol. The second-order valence-electron chi connectivity index (χ2n) is 6.88. The topological polar surface area (TPSA) is 100 Å². The molecule has 0 bridgehead atoms. The van der Waals surface area contributed by atoms with Crippen LogP contribution >= 0.6 is 0 Å². The van der Waals surface area contributed by atoms with E-state index in [1.54, 1.807) is 28.9 Å². The third-order valence-corrected chi connectivity index (χ3v) is 4.49. The van der Waals surface area contributed by atoms with Gasteiger partial charge in [-0.2, -0.15) is 5.10 Å². The number of hydrogen-bond acceptors (Lipinski definition) is 6. The van der Waals surface area contributed by atoms with Crippen molar-refractivity contribution < 1.29 is 14.3 Å². The van der Waals surface area contributed by atoms with Gasteiger partial charge in [0.1, 0.15) is 0 Å². The number of rotatable bonds is 9. The van der Waals surface area contributed by atoms with Gasteiger partial charge in [-0.25, -0.2) is 9.36 Å². The van der Waals surface area contributed by atoms with Crippen molar-refractivity contribution in [3.8, 4) is 17.3 Å². The first kappa shape index (κ1) is 22.1. The Kier molecular flexibility index (Phi) is 7.07. The molecule has 0 radical (unpaired) electrons. The molecule has 0 spiro atoms. The summed E-state index contributed by atoms with van der Waals surface area (Å²) in [5.74, 6) is 1.39. The molecule has 1 aromatic carbocycles. The highest BCUT2D eigenvalue weighted by atomic mass is 16.5. The molecule has 31 heavy (non-hydrogen) atoms. The van der Waals surface area contributed by atoms with E-state index < -0.39 is 0 Å². The van der Waals surface area contributed by atoms with E-state index in [0.717, 1.165) is 11.4 Å². The third-order valence-electron chi connectivity index (χ3n) is 4.49. The van der Waals surface area contributed by atoms with Crippen LogP contribution in [0.15, 0.2) is 41.2 Å². The lowest BCUT2D eigenvalue weighted by Gasteiger charge is -2.13. The minimum absolute atomic E-state index is 0.229. The van der Waals surface area contributed by atoms with Gasteiger partial charge in [-0.3, -0.25) is 9.59 Å². The molecule has 3 aromatic rings. The van der Waals surface area contributed by atoms with E-state index in [1.165, 1.54) is 10.7 Å². The lowest BCUT2D eigenvalue weighted by molar-refractivity contribution is 0.0951. The van der Waals surface area contributed by atoms with Crippen molar-refractivity contribution in [1.82, 2.24) is 24.9 Å². The van der Waals surface area contributed by atoms with E-state index in [2.05, 4.69) is 15.5 Å². The average Bonchev–Trinajstić information content (AvgIpc) is 3.09. The van der Waals surface area contributed by atoms with Crippen LogP contribution in [0.25, 0.3) is 5.82 Å². The fourth-order valence-corrected chi connectivity index (χ4v) is 3.14. The highest BCUT2D eigenvalue weighted by Gasteiger charge is 2.12. The first-order chi connectivity index (χ1) is 14.9. The summed E-state index contributed by atoms with van der Waals surface area (Å²) < 4.78 is 14.1. The van der Waals surface area contributed by atoms with Gasteiger partial charge >= 0.3 is 0 Å². The summed E-state index contributed by atoms with van der Waals surface area (Å²) in [6, 6.07) is 10.1. The number of ether oxygens (including phenoxy) is 2. The second-order valence-corrected chi connectivity index (χ2v) is 6.88. The van der Waals surface area contributed by atoms with Gasteiger partial charge in [-0.1, -0.05) is 0 Å². The fourth-order valence-electron chi connectivity index (χ4n) is 3.14. The van der Waals surface area contributed by atoms with Crippen molar-refractivity contribution in [2.45, 2.75) is 34.2 Å². The van der Waals surface area contributed by atoms with Crippen LogP contribution in [-0.2, 0) is 6.54 Å². The van der Waals surface area contributed by atoms with Gasteiger partial charge in [0.2, 0.25) is 0 Å². The molecule has 164 valence electrons. The summed E-state index contributed by atoms with van der Waals surface area (Å²) in [4.78, 5) is 24.7. The zero-order valence-electron chi connectivity index (χ0n) is 18.2. The molecule has 0 fully saturated rings. The number of nitrogens with zero attached hydrogens (tertiary/aromatic N) is 4. The Morgan fingerprint density at radius 3 is 2.42 bits per heavy atom. The molecule has 2 heterocycles. The van der Waals surface area contributed by atoms with Crippen molar-refractivity contribution in [1.29, 1.82) is 0 Å². The quantitative estimate of drug-likeness (QED) is 0.565. The average molecular weight is 425 g/mol. The maximum absolute atomic E-state index is 12.6. The molecule has 1 N–H and O–H groups in total. The monoisotopic (exact) mass is 425 g/mol. The van der Waals surface area contributed by atoms with E-state index >= 15 is 0 Å². The summed E-state index contributed by atoms with van der Waals surface area (Å²) in [6.07, 6.45) is 0. The van der Waals surface area contributed by atoms with Crippen LogP contribution < -0.4 is 20.3 Å². The third kappa shape index (κ3) is 5.30. The number of nitrogens with one attached hydrogen (secondary N) is 1. The molecule has 1 amide bonds. The SMILES string of the molecule is CCOc1ccc(C(=O)NCCn2nc(-n3nc(C)cc3C)ccc2=O)cc1OCC. The number of aryl methyl sites for hydroxylation is 2. The number of carbonyl (C=O) groups excluding carboxylic acids is 1. The van der Waals surface area contributed by atoms with Gasteiger partial charge in [0.15, 0.2) is 17.3 Å². The Bertz CT molecular complexity index is 1120. The Hall–Kier alpha value is -3.62. The Labute approximate surface area is 180 Å². The summed E-state index contributed by atoms with van der Waals surface area (Å²) in [5, 5.41) is 11.6. The largest absolute Gasteiger partial charge is 0.490 e. The van der Waals surface area contributed by atoms with Crippen LogP contribution in [0, 0.1) is 13.8 Å². The van der Waals surface area contributed by atoms with Crippen LogP contribution in [0.3, 0.4) is 0 Å². The van der Waals surface area contributed by atoms with Crippen LogP contribution in [0.1, 0.15) is 35.6 Å². The van der Waals surface area contributed by atoms with E-state index in [4.69, 9.17) is 9.47 Å². The lowest BCUT2D eigenvalue weighted by Crippen LogP contribution is -2.32. The second kappa shape index (κ2) is 9.92. The van der Waals surface area contributed by atoms with Crippen molar-refractivity contribution in [3.63, 3.8) is 0 Å². The van der Waals surface area contributed by atoms with E-state index in [-0.39, 0.29) is 24.6 Å². The maximum atomic E-state index is 12.6. The van der Waals surface area contributed by atoms with Crippen molar-refractivity contribution >= 4 is 5.91 Å². The maximum Gasteiger partial charge on any atom is 0.266 e. The van der Waals surface area contributed by atoms with Gasteiger partial charge in [-0.15, -0.1) is 5.10 Å². The van der Waals surface area contributed by atoms with Gasteiger partial charge in [-0.05, 0) is 58.0 Å². The highest BCUT2D eigenvalue weighted by Crippen LogP contribution is 2.28. The molecule has 0 atom stereocenters. The number of benzene rings is 1. The minimum atomic E-state index is -0.272. The van der Waals surface area contributed by atoms with Crippen LogP contribution in [-0.4, -0.2) is 45.2 Å². The zero-order chi connectivity index (χ0) is 22.4. The summed E-state index contributed by atoms with van der Waals surface area (Å²) in [5.41, 5.74) is 1.98. The fraction of sp³-hybridized carbons (Fsp3) is 0.364. The van der Waals surface area contributed by atoms with Gasteiger partial charge in [0.25, 0.3) is 11.5 Å². The predicted octanol–water partition coefficient (Wildman–Crippen LogP) is 2.27. The molecule has 0 saturated heterocycles. The van der Waals surface area contributed by atoms with Crippen molar-refractivity contribution in [3.05, 3.63) is 63.7 Å². The van der Waals surface area contributed by atoms with Crippen LogP contribution in [0.4, 0.5) is 0 Å². The van der Waals surface area contributed by atoms with Gasteiger partial charge in [0, 0.05) is 23.9 Å². The van der Waals surface area contributed by atoms with Crippen molar-refractivity contribution in [2.24, 2.45) is 0 Å². The molecule has 0 aliphatic rings. The molecular formula is C22H27N5O4. The minimum Gasteiger partial charge on any atom is -0.490 e. The molecule has 0 aliphatic heterocycles. The first-order valence-corrected chi connectivity index (χ1v) is 10.2. The Balaban J connectivity index is 1.68. The van der Waals surface area contributed by atoms with Gasteiger partial charge < -0.3 is 14.8 Å². The molecule has 0 saturated carbocycles. The molecule has 9 nitrogen and oxygen atoms in total. The normalized spacial score (nSPS) is 10.7. The standard InChI is InChI=1S/C22H27N5O4/c1-5-30-18-8-7-17(14-19(18)31-6-2)22(29)23-11-12-26-21(28)10-9-20(25-26)27-16(4)13-15(3)24-27/h7-10,13-14H,5-6,11-12H2,1-4H3,(H,23,29). The highest BCUT2D eigenvalue weighted by molar-refractivity contribution is 5.94. The summed E-state index contributed by atoms with van der Waals surface area (Å²) >= 11 is 0. The lowest BCUT2D eigenvalue weighted by atomic mass is 10.2.